The maximum Gasteiger partial charge on any atom is 0.230 e. The molecule has 2 fully saturated rings. The SMILES string of the molecule is CC(C)N1CCN(c2ccc(Nc3ncc4nc5n(c4n3)C3(CCCCC3)CCC5=O)nc2)CC1. The first-order valence-corrected chi connectivity index (χ1v) is 13.0. The highest BCUT2D eigenvalue weighted by Crippen LogP contribution is 2.44. The predicted molar refractivity (Wildman–Crippen MR) is 136 cm³/mol. The molecule has 3 aromatic rings. The maximum atomic E-state index is 12.7. The van der Waals surface area contributed by atoms with Crippen molar-refractivity contribution in [3.8, 4) is 0 Å². The Hall–Kier alpha value is -3.07. The Labute approximate surface area is 206 Å². The smallest absolute Gasteiger partial charge is 0.230 e. The molecule has 5 heterocycles. The number of imidazole rings is 1. The summed E-state index contributed by atoms with van der Waals surface area (Å²) in [4.78, 5) is 36.2. The average Bonchev–Trinajstić information content (AvgIpc) is 3.28. The minimum atomic E-state index is -0.0403. The summed E-state index contributed by atoms with van der Waals surface area (Å²) < 4.78 is 2.15. The van der Waals surface area contributed by atoms with Crippen molar-refractivity contribution in [3.05, 3.63) is 30.4 Å². The predicted octanol–water partition coefficient (Wildman–Crippen LogP) is 4.13. The van der Waals surface area contributed by atoms with Crippen molar-refractivity contribution in [1.82, 2.24) is 29.4 Å². The van der Waals surface area contributed by atoms with E-state index in [4.69, 9.17) is 4.98 Å². The fourth-order valence-electron chi connectivity index (χ4n) is 6.08. The summed E-state index contributed by atoms with van der Waals surface area (Å²) >= 11 is 0. The van der Waals surface area contributed by atoms with Crippen molar-refractivity contribution in [2.45, 2.75) is 70.4 Å². The molecule has 1 aliphatic carbocycles. The highest BCUT2D eigenvalue weighted by Gasteiger charge is 2.42. The lowest BCUT2D eigenvalue weighted by Gasteiger charge is -2.42. The summed E-state index contributed by atoms with van der Waals surface area (Å²) in [5.41, 5.74) is 2.54. The number of hydrogen-bond acceptors (Lipinski definition) is 8. The number of aromatic nitrogens is 5. The molecule has 0 unspecified atom stereocenters. The molecule has 35 heavy (non-hydrogen) atoms. The van der Waals surface area contributed by atoms with Crippen LogP contribution in [0.25, 0.3) is 11.2 Å². The normalized spacial score (nSPS) is 20.5. The van der Waals surface area contributed by atoms with Gasteiger partial charge in [0.15, 0.2) is 17.3 Å². The Balaban J connectivity index is 1.24. The van der Waals surface area contributed by atoms with Crippen LogP contribution in [0.5, 0.6) is 0 Å². The van der Waals surface area contributed by atoms with Crippen molar-refractivity contribution in [3.63, 3.8) is 0 Å². The summed E-state index contributed by atoms with van der Waals surface area (Å²) in [5.74, 6) is 1.85. The second-order valence-electron chi connectivity index (χ2n) is 10.5. The standard InChI is InChI=1S/C26H34N8O/c1-18(2)32-12-14-33(15-13-32)19-6-7-22(27-16-19)30-25-28-17-20-23(31-25)34-24(29-20)21(35)8-11-26(34)9-4-3-5-10-26/h6-7,16-18H,3-5,8-15H2,1-2H3,(H,27,28,30,31). The maximum absolute atomic E-state index is 12.7. The van der Waals surface area contributed by atoms with Gasteiger partial charge in [-0.25, -0.2) is 15.0 Å². The van der Waals surface area contributed by atoms with Gasteiger partial charge in [-0.15, -0.1) is 0 Å². The largest absolute Gasteiger partial charge is 0.368 e. The average molecular weight is 475 g/mol. The molecule has 1 N–H and O–H groups in total. The molecule has 1 spiro atoms. The van der Waals surface area contributed by atoms with Gasteiger partial charge in [0.25, 0.3) is 0 Å². The quantitative estimate of drug-likeness (QED) is 0.603. The van der Waals surface area contributed by atoms with Gasteiger partial charge in [-0.3, -0.25) is 14.3 Å². The molecule has 0 bridgehead atoms. The molecule has 184 valence electrons. The Bertz CT molecular complexity index is 1220. The summed E-state index contributed by atoms with van der Waals surface area (Å²) in [6.45, 7) is 8.68. The lowest BCUT2D eigenvalue weighted by atomic mass is 9.76. The van der Waals surface area contributed by atoms with Crippen LogP contribution in [0.4, 0.5) is 17.5 Å². The second kappa shape index (κ2) is 8.86. The van der Waals surface area contributed by atoms with Crippen LogP contribution in [0.1, 0.15) is 69.4 Å². The van der Waals surface area contributed by atoms with Crippen LogP contribution in [-0.2, 0) is 5.54 Å². The van der Waals surface area contributed by atoms with Crippen LogP contribution in [0.2, 0.25) is 0 Å². The topological polar surface area (TPSA) is 92.1 Å². The minimum absolute atomic E-state index is 0.0403. The second-order valence-corrected chi connectivity index (χ2v) is 10.5. The zero-order valence-electron chi connectivity index (χ0n) is 20.7. The molecule has 3 aliphatic rings. The number of ketones is 1. The first-order chi connectivity index (χ1) is 17.0. The lowest BCUT2D eigenvalue weighted by Crippen LogP contribution is -2.48. The van der Waals surface area contributed by atoms with E-state index in [1.54, 1.807) is 6.20 Å². The molecule has 2 aliphatic heterocycles. The molecule has 3 aromatic heterocycles. The van der Waals surface area contributed by atoms with Crippen LogP contribution in [0.3, 0.4) is 0 Å². The molecule has 9 nitrogen and oxygen atoms in total. The van der Waals surface area contributed by atoms with E-state index in [-0.39, 0.29) is 11.3 Å². The van der Waals surface area contributed by atoms with Crippen molar-refractivity contribution in [2.75, 3.05) is 36.4 Å². The van der Waals surface area contributed by atoms with E-state index in [0.29, 0.717) is 35.6 Å². The number of nitrogens with zero attached hydrogens (tertiary/aromatic N) is 7. The van der Waals surface area contributed by atoms with E-state index in [2.05, 4.69) is 54.5 Å². The van der Waals surface area contributed by atoms with E-state index < -0.39 is 0 Å². The van der Waals surface area contributed by atoms with E-state index in [1.807, 2.05) is 12.3 Å². The molecule has 0 radical (unpaired) electrons. The molecule has 6 rings (SSSR count). The van der Waals surface area contributed by atoms with Crippen LogP contribution in [0.15, 0.2) is 24.5 Å². The fraction of sp³-hybridized carbons (Fsp3) is 0.577. The molecule has 1 saturated heterocycles. The number of piperazine rings is 1. The van der Waals surface area contributed by atoms with Gasteiger partial charge in [0, 0.05) is 44.2 Å². The lowest BCUT2D eigenvalue weighted by molar-refractivity contribution is 0.0842. The first-order valence-electron chi connectivity index (χ1n) is 13.0. The van der Waals surface area contributed by atoms with Gasteiger partial charge in [-0.1, -0.05) is 19.3 Å². The van der Waals surface area contributed by atoms with Crippen LogP contribution >= 0.6 is 0 Å². The summed E-state index contributed by atoms with van der Waals surface area (Å²) in [6.07, 6.45) is 10.9. The highest BCUT2D eigenvalue weighted by atomic mass is 16.1. The number of anilines is 3. The Morgan fingerprint density at radius 2 is 1.74 bits per heavy atom. The van der Waals surface area contributed by atoms with Gasteiger partial charge in [0.05, 0.1) is 18.1 Å². The molecule has 0 aromatic carbocycles. The Morgan fingerprint density at radius 3 is 2.46 bits per heavy atom. The zero-order valence-corrected chi connectivity index (χ0v) is 20.7. The summed E-state index contributed by atoms with van der Waals surface area (Å²) in [6, 6.07) is 4.68. The number of rotatable bonds is 4. The van der Waals surface area contributed by atoms with Gasteiger partial charge in [0.1, 0.15) is 11.3 Å². The third-order valence-electron chi connectivity index (χ3n) is 8.12. The molecule has 0 amide bonds. The van der Waals surface area contributed by atoms with Crippen LogP contribution in [-0.4, -0.2) is 67.4 Å². The van der Waals surface area contributed by atoms with Gasteiger partial charge >= 0.3 is 0 Å². The summed E-state index contributed by atoms with van der Waals surface area (Å²) in [7, 11) is 0. The Morgan fingerprint density at radius 1 is 0.943 bits per heavy atom. The Kier molecular flexibility index (Phi) is 5.67. The van der Waals surface area contributed by atoms with Crippen molar-refractivity contribution >= 4 is 34.4 Å². The number of fused-ring (bicyclic) bond motifs is 4. The van der Waals surface area contributed by atoms with Crippen molar-refractivity contribution < 1.29 is 4.79 Å². The van der Waals surface area contributed by atoms with Crippen LogP contribution in [0, 0.1) is 0 Å². The van der Waals surface area contributed by atoms with Gasteiger partial charge in [0.2, 0.25) is 5.95 Å². The number of nitrogens with one attached hydrogen (secondary N) is 1. The monoisotopic (exact) mass is 474 g/mol. The molecule has 1 saturated carbocycles. The number of Topliss-reactive ketones (excluding diaryl/α,β-unsaturated/α-hetero) is 1. The van der Waals surface area contributed by atoms with Crippen molar-refractivity contribution in [2.24, 2.45) is 0 Å². The first kappa shape index (κ1) is 22.4. The van der Waals surface area contributed by atoms with Crippen molar-refractivity contribution in [1.29, 1.82) is 0 Å². The number of pyridine rings is 1. The molecular weight excluding hydrogens is 440 g/mol. The van der Waals surface area contributed by atoms with E-state index in [0.717, 1.165) is 56.8 Å². The number of carbonyl (C=O) groups excluding carboxylic acids is 1. The number of carbonyl (C=O) groups is 1. The zero-order chi connectivity index (χ0) is 24.0. The van der Waals surface area contributed by atoms with E-state index in [1.165, 1.54) is 19.3 Å². The molecule has 0 atom stereocenters. The van der Waals surface area contributed by atoms with Gasteiger partial charge in [-0.2, -0.15) is 4.98 Å². The summed E-state index contributed by atoms with van der Waals surface area (Å²) in [5, 5.41) is 3.26. The van der Waals surface area contributed by atoms with E-state index in [9.17, 15) is 4.79 Å². The third kappa shape index (κ3) is 4.05. The van der Waals surface area contributed by atoms with Gasteiger partial charge in [-0.05, 0) is 45.2 Å². The molecular formula is C26H34N8O. The highest BCUT2D eigenvalue weighted by molar-refractivity contribution is 5.97. The number of hydrogen-bond donors (Lipinski definition) is 1. The third-order valence-corrected chi connectivity index (χ3v) is 8.12. The van der Waals surface area contributed by atoms with Gasteiger partial charge < -0.3 is 10.2 Å². The van der Waals surface area contributed by atoms with E-state index >= 15 is 0 Å². The van der Waals surface area contributed by atoms with Crippen LogP contribution < -0.4 is 10.2 Å². The fourth-order valence-corrected chi connectivity index (χ4v) is 6.08. The minimum Gasteiger partial charge on any atom is -0.368 e. The molecule has 9 heteroatoms.